The number of hydrogen-bond donors (Lipinski definition) is 1. The maximum absolute atomic E-state index is 11.1. The zero-order valence-corrected chi connectivity index (χ0v) is 12.3. The van der Waals surface area contributed by atoms with E-state index in [9.17, 15) is 4.79 Å². The highest BCUT2D eigenvalue weighted by molar-refractivity contribution is 5.70. The summed E-state index contributed by atoms with van der Waals surface area (Å²) in [5.74, 6) is -0.00318. The molecule has 1 aromatic rings. The second kappa shape index (κ2) is 6.31. The Kier molecular flexibility index (Phi) is 4.70. The number of aryl methyl sites for hydroxylation is 1. The molecule has 1 N–H and O–H groups in total. The summed E-state index contributed by atoms with van der Waals surface area (Å²) in [5.41, 5.74) is 1.95. The molecule has 0 spiro atoms. The van der Waals surface area contributed by atoms with E-state index in [2.05, 4.69) is 23.8 Å². The first-order chi connectivity index (χ1) is 9.52. The van der Waals surface area contributed by atoms with Crippen LogP contribution in [-0.4, -0.2) is 27.7 Å². The largest absolute Gasteiger partial charge is 0.481 e. The van der Waals surface area contributed by atoms with E-state index in [-0.39, 0.29) is 12.0 Å². The quantitative estimate of drug-likeness (QED) is 0.895. The molecule has 1 aliphatic carbocycles. The van der Waals surface area contributed by atoms with E-state index in [4.69, 9.17) is 9.84 Å². The van der Waals surface area contributed by atoms with Crippen molar-refractivity contribution in [1.29, 1.82) is 0 Å². The summed E-state index contributed by atoms with van der Waals surface area (Å²) in [6, 6.07) is 0. The van der Waals surface area contributed by atoms with Crippen molar-refractivity contribution in [2.24, 2.45) is 11.8 Å². The van der Waals surface area contributed by atoms with Crippen LogP contribution in [0.25, 0.3) is 0 Å². The predicted molar refractivity (Wildman–Crippen MR) is 74.4 cm³/mol. The van der Waals surface area contributed by atoms with Gasteiger partial charge in [-0.15, -0.1) is 0 Å². The molecule has 0 amide bonds. The van der Waals surface area contributed by atoms with Crippen LogP contribution in [0.1, 0.15) is 50.4 Å². The van der Waals surface area contributed by atoms with Gasteiger partial charge in [-0.05, 0) is 37.7 Å². The van der Waals surface area contributed by atoms with Crippen LogP contribution in [0.4, 0.5) is 0 Å². The number of carboxylic acid groups (broad SMARTS) is 1. The Morgan fingerprint density at radius 3 is 2.90 bits per heavy atom. The smallest absolute Gasteiger partial charge is 0.306 e. The Labute approximate surface area is 119 Å². The number of rotatable bonds is 5. The molecule has 110 valence electrons. The highest BCUT2D eigenvalue weighted by Crippen LogP contribution is 2.27. The average Bonchev–Trinajstić information content (AvgIpc) is 2.43. The molecule has 0 fully saturated rings. The number of aromatic nitrogens is 2. The van der Waals surface area contributed by atoms with Gasteiger partial charge < -0.3 is 9.84 Å². The molecule has 2 unspecified atom stereocenters. The third-order valence-electron chi connectivity index (χ3n) is 3.72. The maximum atomic E-state index is 11.1. The van der Waals surface area contributed by atoms with Crippen LogP contribution in [0.15, 0.2) is 6.20 Å². The second-order valence-electron chi connectivity index (χ2n) is 5.60. The lowest BCUT2D eigenvalue weighted by Crippen LogP contribution is -2.24. The first-order valence-corrected chi connectivity index (χ1v) is 7.22. The topological polar surface area (TPSA) is 72.3 Å². The fourth-order valence-electron chi connectivity index (χ4n) is 2.62. The van der Waals surface area contributed by atoms with E-state index in [1.54, 1.807) is 6.20 Å². The summed E-state index contributed by atoms with van der Waals surface area (Å²) in [7, 11) is 0. The second-order valence-corrected chi connectivity index (χ2v) is 5.60. The minimum absolute atomic E-state index is 0.0949. The normalized spacial score (nSPS) is 19.7. The van der Waals surface area contributed by atoms with Crippen LogP contribution < -0.4 is 0 Å². The molecule has 0 aliphatic heterocycles. The van der Waals surface area contributed by atoms with Gasteiger partial charge in [-0.25, -0.2) is 9.97 Å². The molecule has 0 aromatic carbocycles. The number of carboxylic acids is 1. The van der Waals surface area contributed by atoms with E-state index in [0.717, 1.165) is 17.1 Å². The molecule has 0 saturated carbocycles. The first-order valence-electron chi connectivity index (χ1n) is 7.22. The Hall–Kier alpha value is -1.49. The Morgan fingerprint density at radius 2 is 2.30 bits per heavy atom. The molecule has 1 aliphatic rings. The zero-order valence-electron chi connectivity index (χ0n) is 12.3. The summed E-state index contributed by atoms with van der Waals surface area (Å²) in [4.78, 5) is 20.1. The SMILES string of the molecule is CCOC(c1ncc2c(n1)CCC(C(=O)O)C2)C(C)C. The van der Waals surface area contributed by atoms with Crippen molar-refractivity contribution in [1.82, 2.24) is 9.97 Å². The van der Waals surface area contributed by atoms with Gasteiger partial charge in [-0.1, -0.05) is 13.8 Å². The lowest BCUT2D eigenvalue weighted by molar-refractivity contribution is -0.142. The molecule has 20 heavy (non-hydrogen) atoms. The van der Waals surface area contributed by atoms with Gasteiger partial charge in [0.1, 0.15) is 6.10 Å². The molecule has 5 nitrogen and oxygen atoms in total. The minimum Gasteiger partial charge on any atom is -0.481 e. The van der Waals surface area contributed by atoms with Gasteiger partial charge in [0.25, 0.3) is 0 Å². The van der Waals surface area contributed by atoms with E-state index in [1.165, 1.54) is 0 Å². The highest BCUT2D eigenvalue weighted by atomic mass is 16.5. The summed E-state index contributed by atoms with van der Waals surface area (Å²) < 4.78 is 5.72. The van der Waals surface area contributed by atoms with Crippen molar-refractivity contribution in [3.8, 4) is 0 Å². The van der Waals surface area contributed by atoms with Crippen molar-refractivity contribution >= 4 is 5.97 Å². The average molecular weight is 278 g/mol. The van der Waals surface area contributed by atoms with Crippen LogP contribution in [0, 0.1) is 11.8 Å². The van der Waals surface area contributed by atoms with Crippen LogP contribution in [0.2, 0.25) is 0 Å². The van der Waals surface area contributed by atoms with Crippen molar-refractivity contribution in [3.05, 3.63) is 23.3 Å². The molecular formula is C15H22N2O3. The van der Waals surface area contributed by atoms with Crippen molar-refractivity contribution in [3.63, 3.8) is 0 Å². The summed E-state index contributed by atoms with van der Waals surface area (Å²) in [6.07, 6.45) is 3.58. The first kappa shape index (κ1) is 14.9. The number of nitrogens with zero attached hydrogens (tertiary/aromatic N) is 2. The minimum atomic E-state index is -0.728. The van der Waals surface area contributed by atoms with Crippen LogP contribution in [-0.2, 0) is 22.4 Å². The molecule has 1 aromatic heterocycles. The molecule has 0 saturated heterocycles. The standard InChI is InChI=1S/C15H22N2O3/c1-4-20-13(9(2)3)14-16-8-11-7-10(15(18)19)5-6-12(11)17-14/h8-10,13H,4-7H2,1-3H3,(H,18,19). The number of carbonyl (C=O) groups is 1. The van der Waals surface area contributed by atoms with Gasteiger partial charge in [0.05, 0.1) is 5.92 Å². The highest BCUT2D eigenvalue weighted by Gasteiger charge is 2.27. The number of ether oxygens (including phenoxy) is 1. The Balaban J connectivity index is 2.22. The van der Waals surface area contributed by atoms with Gasteiger partial charge in [0.15, 0.2) is 5.82 Å². The Morgan fingerprint density at radius 1 is 1.55 bits per heavy atom. The number of aliphatic carboxylic acids is 1. The summed E-state index contributed by atoms with van der Waals surface area (Å²) in [6.45, 7) is 6.77. The molecular weight excluding hydrogens is 256 g/mol. The van der Waals surface area contributed by atoms with E-state index >= 15 is 0 Å². The van der Waals surface area contributed by atoms with Crippen LogP contribution in [0.3, 0.4) is 0 Å². The lowest BCUT2D eigenvalue weighted by atomic mass is 9.87. The van der Waals surface area contributed by atoms with Crippen LogP contribution >= 0.6 is 0 Å². The van der Waals surface area contributed by atoms with E-state index in [0.29, 0.717) is 31.8 Å². The van der Waals surface area contributed by atoms with Gasteiger partial charge in [-0.3, -0.25) is 4.79 Å². The van der Waals surface area contributed by atoms with Gasteiger partial charge in [0, 0.05) is 18.5 Å². The lowest BCUT2D eigenvalue weighted by Gasteiger charge is -2.24. The van der Waals surface area contributed by atoms with Gasteiger partial charge in [-0.2, -0.15) is 0 Å². The monoisotopic (exact) mass is 278 g/mol. The molecule has 2 rings (SSSR count). The molecule has 0 radical (unpaired) electrons. The molecule has 2 atom stereocenters. The fourth-order valence-corrected chi connectivity index (χ4v) is 2.62. The predicted octanol–water partition coefficient (Wildman–Crippen LogP) is 2.40. The third-order valence-corrected chi connectivity index (χ3v) is 3.72. The Bertz CT molecular complexity index is 488. The molecule has 0 bridgehead atoms. The fraction of sp³-hybridized carbons (Fsp3) is 0.667. The maximum Gasteiger partial charge on any atom is 0.306 e. The van der Waals surface area contributed by atoms with Crippen molar-refractivity contribution in [2.75, 3.05) is 6.61 Å². The number of fused-ring (bicyclic) bond motifs is 1. The van der Waals surface area contributed by atoms with Gasteiger partial charge >= 0.3 is 5.97 Å². The summed E-state index contributed by atoms with van der Waals surface area (Å²) >= 11 is 0. The van der Waals surface area contributed by atoms with Crippen molar-refractivity contribution in [2.45, 2.75) is 46.1 Å². The number of hydrogen-bond acceptors (Lipinski definition) is 4. The van der Waals surface area contributed by atoms with E-state index < -0.39 is 5.97 Å². The molecule has 5 heteroatoms. The summed E-state index contributed by atoms with van der Waals surface area (Å²) in [5, 5.41) is 9.09. The molecule has 1 heterocycles. The van der Waals surface area contributed by atoms with Gasteiger partial charge in [0.2, 0.25) is 0 Å². The zero-order chi connectivity index (χ0) is 14.7. The van der Waals surface area contributed by atoms with Crippen LogP contribution in [0.5, 0.6) is 0 Å². The third kappa shape index (κ3) is 3.15. The van der Waals surface area contributed by atoms with Crippen molar-refractivity contribution < 1.29 is 14.6 Å². The van der Waals surface area contributed by atoms with E-state index in [1.807, 2.05) is 6.92 Å².